The minimum absolute atomic E-state index is 0.231. The van der Waals surface area contributed by atoms with E-state index in [9.17, 15) is 8.42 Å². The number of methoxy groups -OCH3 is 2. The van der Waals surface area contributed by atoms with Crippen molar-refractivity contribution < 1.29 is 17.9 Å². The van der Waals surface area contributed by atoms with E-state index < -0.39 is 10.0 Å². The Morgan fingerprint density at radius 2 is 1.81 bits per heavy atom. The number of sulfonamides is 1. The van der Waals surface area contributed by atoms with E-state index in [4.69, 9.17) is 9.47 Å². The SMILES string of the molecule is COc1ccc(CN(C)S(=O)(=O)C2=Cc3ccccc3CC2)c(OC)c1. The number of fused-ring (bicyclic) bond motifs is 1. The highest BCUT2D eigenvalue weighted by Crippen LogP contribution is 2.31. The number of nitrogens with zero attached hydrogens (tertiary/aromatic N) is 1. The first-order valence-corrected chi connectivity index (χ1v) is 9.85. The Labute approximate surface area is 154 Å². The minimum Gasteiger partial charge on any atom is -0.497 e. The first kappa shape index (κ1) is 18.5. The zero-order valence-corrected chi connectivity index (χ0v) is 16.0. The third-order valence-electron chi connectivity index (χ3n) is 4.64. The van der Waals surface area contributed by atoms with Gasteiger partial charge in [-0.1, -0.05) is 30.3 Å². The molecule has 0 fully saturated rings. The van der Waals surface area contributed by atoms with E-state index >= 15 is 0 Å². The molecule has 0 bridgehead atoms. The molecular weight excluding hydrogens is 350 g/mol. The van der Waals surface area contributed by atoms with E-state index in [-0.39, 0.29) is 6.54 Å². The average Bonchev–Trinajstić information content (AvgIpc) is 2.67. The van der Waals surface area contributed by atoms with Gasteiger partial charge in [0.25, 0.3) is 0 Å². The summed E-state index contributed by atoms with van der Waals surface area (Å²) in [7, 11) is 1.21. The lowest BCUT2D eigenvalue weighted by atomic mass is 9.98. The summed E-state index contributed by atoms with van der Waals surface area (Å²) in [6, 6.07) is 13.3. The summed E-state index contributed by atoms with van der Waals surface area (Å²) < 4.78 is 38.0. The van der Waals surface area contributed by atoms with Gasteiger partial charge >= 0.3 is 0 Å². The van der Waals surface area contributed by atoms with Gasteiger partial charge in [0.2, 0.25) is 10.0 Å². The van der Waals surface area contributed by atoms with Crippen LogP contribution in [0.3, 0.4) is 0 Å². The Hall–Kier alpha value is -2.31. The normalized spacial score (nSPS) is 13.9. The van der Waals surface area contributed by atoms with Crippen molar-refractivity contribution in [3.05, 3.63) is 64.1 Å². The number of benzene rings is 2. The standard InChI is InChI=1S/C20H23NO4S/c1-21(14-17-8-10-18(24-2)13-20(17)25-3)26(22,23)19-11-9-15-6-4-5-7-16(15)12-19/h4-8,10,12-13H,9,11,14H2,1-3H3. The molecule has 1 aliphatic carbocycles. The summed E-state index contributed by atoms with van der Waals surface area (Å²) in [5.74, 6) is 1.28. The van der Waals surface area contributed by atoms with E-state index in [0.29, 0.717) is 22.8 Å². The molecule has 5 nitrogen and oxygen atoms in total. The second-order valence-electron chi connectivity index (χ2n) is 6.25. The van der Waals surface area contributed by atoms with E-state index in [1.807, 2.05) is 30.3 Å². The van der Waals surface area contributed by atoms with Crippen LogP contribution in [0, 0.1) is 0 Å². The Kier molecular flexibility index (Phi) is 5.34. The molecule has 0 radical (unpaired) electrons. The summed E-state index contributed by atoms with van der Waals surface area (Å²) >= 11 is 0. The third-order valence-corrected chi connectivity index (χ3v) is 6.58. The molecular formula is C20H23NO4S. The molecule has 0 unspecified atom stereocenters. The van der Waals surface area contributed by atoms with Gasteiger partial charge in [0.15, 0.2) is 0 Å². The zero-order chi connectivity index (χ0) is 18.7. The average molecular weight is 373 g/mol. The van der Waals surface area contributed by atoms with Gasteiger partial charge in [-0.3, -0.25) is 0 Å². The quantitative estimate of drug-likeness (QED) is 0.778. The molecule has 2 aromatic rings. The lowest BCUT2D eigenvalue weighted by molar-refractivity contribution is 0.384. The highest BCUT2D eigenvalue weighted by molar-refractivity contribution is 7.93. The van der Waals surface area contributed by atoms with Crippen molar-refractivity contribution in [3.8, 4) is 11.5 Å². The molecule has 3 rings (SSSR count). The summed E-state index contributed by atoms with van der Waals surface area (Å²) in [6.45, 7) is 0.231. The Bertz CT molecular complexity index is 935. The lowest BCUT2D eigenvalue weighted by Gasteiger charge is -2.23. The van der Waals surface area contributed by atoms with Crippen LogP contribution in [-0.4, -0.2) is 34.0 Å². The van der Waals surface area contributed by atoms with Gasteiger partial charge in [-0.25, -0.2) is 8.42 Å². The number of allylic oxidation sites excluding steroid dienone is 1. The molecule has 1 aliphatic rings. The first-order chi connectivity index (χ1) is 12.5. The van der Waals surface area contributed by atoms with Gasteiger partial charge in [-0.2, -0.15) is 4.31 Å². The predicted molar refractivity (Wildman–Crippen MR) is 103 cm³/mol. The number of aryl methyl sites for hydroxylation is 1. The maximum atomic E-state index is 13.0. The number of ether oxygens (including phenoxy) is 2. The highest BCUT2D eigenvalue weighted by Gasteiger charge is 2.26. The smallest absolute Gasteiger partial charge is 0.239 e. The van der Waals surface area contributed by atoms with Crippen LogP contribution in [0.1, 0.15) is 23.1 Å². The molecule has 6 heteroatoms. The van der Waals surface area contributed by atoms with Crippen molar-refractivity contribution in [1.29, 1.82) is 0 Å². The monoisotopic (exact) mass is 373 g/mol. The molecule has 2 aromatic carbocycles. The topological polar surface area (TPSA) is 55.8 Å². The second kappa shape index (κ2) is 7.51. The molecule has 0 saturated heterocycles. The Balaban J connectivity index is 1.86. The number of hydrogen-bond donors (Lipinski definition) is 0. The van der Waals surface area contributed by atoms with Gasteiger partial charge in [0.1, 0.15) is 11.5 Å². The molecule has 0 N–H and O–H groups in total. The maximum Gasteiger partial charge on any atom is 0.239 e. The van der Waals surface area contributed by atoms with Crippen molar-refractivity contribution in [1.82, 2.24) is 4.31 Å². The van der Waals surface area contributed by atoms with Crippen LogP contribution in [0.4, 0.5) is 0 Å². The largest absolute Gasteiger partial charge is 0.497 e. The molecule has 0 aromatic heterocycles. The van der Waals surface area contributed by atoms with E-state index in [2.05, 4.69) is 0 Å². The molecule has 0 heterocycles. The van der Waals surface area contributed by atoms with Crippen LogP contribution in [0.25, 0.3) is 6.08 Å². The van der Waals surface area contributed by atoms with E-state index in [1.54, 1.807) is 39.5 Å². The summed E-state index contributed by atoms with van der Waals surface area (Å²) in [5, 5.41) is 0. The highest BCUT2D eigenvalue weighted by atomic mass is 32.2. The van der Waals surface area contributed by atoms with Crippen molar-refractivity contribution in [2.75, 3.05) is 21.3 Å². The van der Waals surface area contributed by atoms with Crippen molar-refractivity contribution in [2.24, 2.45) is 0 Å². The van der Waals surface area contributed by atoms with Gasteiger partial charge in [0.05, 0.1) is 19.1 Å². The van der Waals surface area contributed by atoms with Crippen LogP contribution < -0.4 is 9.47 Å². The van der Waals surface area contributed by atoms with E-state index in [1.165, 1.54) is 9.87 Å². The fourth-order valence-electron chi connectivity index (χ4n) is 3.12. The van der Waals surface area contributed by atoms with Crippen LogP contribution in [-0.2, 0) is 23.0 Å². The van der Waals surface area contributed by atoms with Gasteiger partial charge in [-0.15, -0.1) is 0 Å². The fraction of sp³-hybridized carbons (Fsp3) is 0.300. The van der Waals surface area contributed by atoms with Gasteiger partial charge in [-0.05, 0) is 36.1 Å². The lowest BCUT2D eigenvalue weighted by Crippen LogP contribution is -2.28. The molecule has 0 spiro atoms. The van der Waals surface area contributed by atoms with Crippen LogP contribution in [0.15, 0.2) is 47.4 Å². The van der Waals surface area contributed by atoms with Crippen molar-refractivity contribution in [3.63, 3.8) is 0 Å². The molecule has 0 atom stereocenters. The molecule has 138 valence electrons. The Morgan fingerprint density at radius 3 is 2.54 bits per heavy atom. The molecule has 0 saturated carbocycles. The Morgan fingerprint density at radius 1 is 1.04 bits per heavy atom. The van der Waals surface area contributed by atoms with Crippen LogP contribution in [0.2, 0.25) is 0 Å². The van der Waals surface area contributed by atoms with Crippen LogP contribution >= 0.6 is 0 Å². The molecule has 0 amide bonds. The maximum absolute atomic E-state index is 13.0. The summed E-state index contributed by atoms with van der Waals surface area (Å²) in [5.41, 5.74) is 2.95. The predicted octanol–water partition coefficient (Wildman–Crippen LogP) is 3.45. The number of rotatable bonds is 6. The van der Waals surface area contributed by atoms with Crippen LogP contribution in [0.5, 0.6) is 11.5 Å². The van der Waals surface area contributed by atoms with Gasteiger partial charge < -0.3 is 9.47 Å². The van der Waals surface area contributed by atoms with E-state index in [0.717, 1.165) is 17.5 Å². The second-order valence-corrected chi connectivity index (χ2v) is 8.35. The number of hydrogen-bond acceptors (Lipinski definition) is 4. The summed E-state index contributed by atoms with van der Waals surface area (Å²) in [6.07, 6.45) is 3.04. The third kappa shape index (κ3) is 3.61. The fourth-order valence-corrected chi connectivity index (χ4v) is 4.46. The van der Waals surface area contributed by atoms with Gasteiger partial charge in [0, 0.05) is 25.2 Å². The molecule has 0 aliphatic heterocycles. The minimum atomic E-state index is -3.54. The molecule has 26 heavy (non-hydrogen) atoms. The zero-order valence-electron chi connectivity index (χ0n) is 15.2. The van der Waals surface area contributed by atoms with Crippen molar-refractivity contribution >= 4 is 16.1 Å². The van der Waals surface area contributed by atoms with Crippen molar-refractivity contribution in [2.45, 2.75) is 19.4 Å². The first-order valence-electron chi connectivity index (χ1n) is 8.41. The summed E-state index contributed by atoms with van der Waals surface area (Å²) in [4.78, 5) is 0.450.